The third-order valence-corrected chi connectivity index (χ3v) is 3.90. The molecule has 3 amide bonds. The second-order valence-corrected chi connectivity index (χ2v) is 5.25. The maximum absolute atomic E-state index is 12.1. The van der Waals surface area contributed by atoms with Crippen LogP contribution in [0.2, 0.25) is 0 Å². The summed E-state index contributed by atoms with van der Waals surface area (Å²) in [6, 6.07) is -1.37. The topological polar surface area (TPSA) is 98.7 Å². The lowest BCUT2D eigenvalue weighted by Gasteiger charge is -2.34. The zero-order valence-corrected chi connectivity index (χ0v) is 10.9. The highest BCUT2D eigenvalue weighted by atomic mass is 16.4. The van der Waals surface area contributed by atoms with E-state index in [9.17, 15) is 14.4 Å². The number of rotatable bonds is 2. The molecular formula is C12H19N3O4. The van der Waals surface area contributed by atoms with Gasteiger partial charge in [-0.3, -0.25) is 9.69 Å². The van der Waals surface area contributed by atoms with Gasteiger partial charge in [0.05, 0.1) is 0 Å². The Bertz CT molecular complexity index is 398. The molecule has 0 spiro atoms. The predicted octanol–water partition coefficient (Wildman–Crippen LogP) is -0.230. The van der Waals surface area contributed by atoms with E-state index in [-0.39, 0.29) is 25.0 Å². The van der Waals surface area contributed by atoms with E-state index >= 15 is 0 Å². The van der Waals surface area contributed by atoms with Gasteiger partial charge < -0.3 is 15.7 Å². The van der Waals surface area contributed by atoms with Crippen LogP contribution in [0.5, 0.6) is 0 Å². The molecule has 0 aromatic heterocycles. The predicted molar refractivity (Wildman–Crippen MR) is 66.5 cm³/mol. The van der Waals surface area contributed by atoms with E-state index in [0.29, 0.717) is 5.92 Å². The van der Waals surface area contributed by atoms with Crippen LogP contribution < -0.4 is 10.6 Å². The van der Waals surface area contributed by atoms with Gasteiger partial charge in [-0.25, -0.2) is 9.59 Å². The number of amides is 3. The molecule has 7 heteroatoms. The Morgan fingerprint density at radius 3 is 2.74 bits per heavy atom. The maximum Gasteiger partial charge on any atom is 0.328 e. The SMILES string of the molecule is CC1CCCC1NC(=O)N1CC(=O)NCC1C(=O)O. The lowest BCUT2D eigenvalue weighted by molar-refractivity contribution is -0.144. The molecule has 1 aliphatic heterocycles. The van der Waals surface area contributed by atoms with Gasteiger partial charge >= 0.3 is 12.0 Å². The highest BCUT2D eigenvalue weighted by molar-refractivity contribution is 5.90. The Morgan fingerprint density at radius 2 is 2.16 bits per heavy atom. The van der Waals surface area contributed by atoms with Crippen molar-refractivity contribution in [2.45, 2.75) is 38.3 Å². The molecule has 7 nitrogen and oxygen atoms in total. The first-order chi connectivity index (χ1) is 8.99. The molecule has 0 aromatic rings. The standard InChI is InChI=1S/C12H19N3O4/c1-7-3-2-4-8(7)14-12(19)15-6-10(16)13-5-9(15)11(17)18/h7-9H,2-6H2,1H3,(H,13,16)(H,14,19)(H,17,18). The van der Waals surface area contributed by atoms with Gasteiger partial charge in [0.1, 0.15) is 12.6 Å². The first-order valence-corrected chi connectivity index (χ1v) is 6.55. The van der Waals surface area contributed by atoms with E-state index in [2.05, 4.69) is 17.6 Å². The molecule has 3 atom stereocenters. The van der Waals surface area contributed by atoms with E-state index in [0.717, 1.165) is 24.2 Å². The average molecular weight is 269 g/mol. The Balaban J connectivity index is 2.02. The van der Waals surface area contributed by atoms with Crippen LogP contribution >= 0.6 is 0 Å². The minimum atomic E-state index is -1.10. The van der Waals surface area contributed by atoms with Gasteiger partial charge in [-0.2, -0.15) is 0 Å². The van der Waals surface area contributed by atoms with Crippen LogP contribution in [0.15, 0.2) is 0 Å². The number of carboxylic acids is 1. The van der Waals surface area contributed by atoms with E-state index in [1.54, 1.807) is 0 Å². The fourth-order valence-electron chi connectivity index (χ4n) is 2.68. The minimum Gasteiger partial charge on any atom is -0.480 e. The monoisotopic (exact) mass is 269 g/mol. The number of carboxylic acid groups (broad SMARTS) is 1. The number of urea groups is 1. The molecule has 1 saturated heterocycles. The summed E-state index contributed by atoms with van der Waals surface area (Å²) in [7, 11) is 0. The zero-order chi connectivity index (χ0) is 14.0. The molecule has 2 aliphatic rings. The van der Waals surface area contributed by atoms with Crippen molar-refractivity contribution in [2.75, 3.05) is 13.1 Å². The second-order valence-electron chi connectivity index (χ2n) is 5.25. The van der Waals surface area contributed by atoms with E-state index in [1.165, 1.54) is 0 Å². The Labute approximate surface area is 111 Å². The van der Waals surface area contributed by atoms with Crippen LogP contribution in [0.3, 0.4) is 0 Å². The van der Waals surface area contributed by atoms with Gasteiger partial charge in [0.15, 0.2) is 0 Å². The number of piperazine rings is 1. The molecule has 0 radical (unpaired) electrons. The fourth-order valence-corrected chi connectivity index (χ4v) is 2.68. The van der Waals surface area contributed by atoms with Crippen LogP contribution in [-0.4, -0.2) is 53.1 Å². The van der Waals surface area contributed by atoms with E-state index < -0.39 is 18.0 Å². The Kier molecular flexibility index (Phi) is 3.92. The summed E-state index contributed by atoms with van der Waals surface area (Å²) in [5.41, 5.74) is 0. The van der Waals surface area contributed by atoms with Crippen molar-refractivity contribution in [3.05, 3.63) is 0 Å². The van der Waals surface area contributed by atoms with Crippen molar-refractivity contribution in [3.8, 4) is 0 Å². The lowest BCUT2D eigenvalue weighted by Crippen LogP contribution is -2.62. The first kappa shape index (κ1) is 13.6. The van der Waals surface area contributed by atoms with Crippen molar-refractivity contribution in [1.29, 1.82) is 0 Å². The van der Waals surface area contributed by atoms with Crippen molar-refractivity contribution in [3.63, 3.8) is 0 Å². The van der Waals surface area contributed by atoms with Crippen LogP contribution in [0.1, 0.15) is 26.2 Å². The summed E-state index contributed by atoms with van der Waals surface area (Å²) in [6.07, 6.45) is 3.04. The first-order valence-electron chi connectivity index (χ1n) is 6.55. The van der Waals surface area contributed by atoms with Crippen LogP contribution in [0, 0.1) is 5.92 Å². The number of carbonyl (C=O) groups is 3. The number of aliphatic carboxylic acids is 1. The smallest absolute Gasteiger partial charge is 0.328 e. The van der Waals surface area contributed by atoms with Gasteiger partial charge in [-0.15, -0.1) is 0 Å². The Morgan fingerprint density at radius 1 is 1.42 bits per heavy atom. The van der Waals surface area contributed by atoms with E-state index in [1.807, 2.05) is 0 Å². The number of nitrogens with one attached hydrogen (secondary N) is 2. The highest BCUT2D eigenvalue weighted by Crippen LogP contribution is 2.25. The summed E-state index contributed by atoms with van der Waals surface area (Å²) in [5.74, 6) is -1.03. The summed E-state index contributed by atoms with van der Waals surface area (Å²) < 4.78 is 0. The molecule has 0 bridgehead atoms. The summed E-state index contributed by atoms with van der Waals surface area (Å²) >= 11 is 0. The molecule has 1 saturated carbocycles. The van der Waals surface area contributed by atoms with Crippen molar-refractivity contribution < 1.29 is 19.5 Å². The summed E-state index contributed by atoms with van der Waals surface area (Å²) in [5, 5.41) is 14.4. The number of nitrogens with zero attached hydrogens (tertiary/aromatic N) is 1. The molecular weight excluding hydrogens is 250 g/mol. The summed E-state index contributed by atoms with van der Waals surface area (Å²) in [6.45, 7) is 1.82. The second kappa shape index (κ2) is 5.46. The number of hydrogen-bond acceptors (Lipinski definition) is 3. The minimum absolute atomic E-state index is 0.0399. The van der Waals surface area contributed by atoms with Crippen LogP contribution in [0.25, 0.3) is 0 Å². The molecule has 1 heterocycles. The van der Waals surface area contributed by atoms with Crippen LogP contribution in [-0.2, 0) is 9.59 Å². The van der Waals surface area contributed by atoms with Crippen molar-refractivity contribution in [1.82, 2.24) is 15.5 Å². The number of carbonyl (C=O) groups excluding carboxylic acids is 2. The zero-order valence-electron chi connectivity index (χ0n) is 10.9. The molecule has 19 heavy (non-hydrogen) atoms. The van der Waals surface area contributed by atoms with Gasteiger partial charge in [-0.1, -0.05) is 13.3 Å². The molecule has 3 unspecified atom stereocenters. The largest absolute Gasteiger partial charge is 0.480 e. The molecule has 1 aliphatic carbocycles. The number of hydrogen-bond donors (Lipinski definition) is 3. The van der Waals surface area contributed by atoms with Gasteiger partial charge in [0.25, 0.3) is 0 Å². The van der Waals surface area contributed by atoms with Gasteiger partial charge in [0, 0.05) is 12.6 Å². The molecule has 2 rings (SSSR count). The lowest BCUT2D eigenvalue weighted by atomic mass is 10.1. The quantitative estimate of drug-likeness (QED) is 0.645. The highest BCUT2D eigenvalue weighted by Gasteiger charge is 2.36. The van der Waals surface area contributed by atoms with Crippen LogP contribution in [0.4, 0.5) is 4.79 Å². The maximum atomic E-state index is 12.1. The third-order valence-electron chi connectivity index (χ3n) is 3.90. The molecule has 0 aromatic carbocycles. The van der Waals surface area contributed by atoms with E-state index in [4.69, 9.17) is 5.11 Å². The fraction of sp³-hybridized carbons (Fsp3) is 0.750. The third kappa shape index (κ3) is 2.97. The normalized spacial score (nSPS) is 30.9. The Hall–Kier alpha value is -1.79. The molecule has 2 fully saturated rings. The molecule has 3 N–H and O–H groups in total. The van der Waals surface area contributed by atoms with Crippen molar-refractivity contribution >= 4 is 17.9 Å². The van der Waals surface area contributed by atoms with Crippen molar-refractivity contribution in [2.24, 2.45) is 5.92 Å². The summed E-state index contributed by atoms with van der Waals surface area (Å²) in [4.78, 5) is 35.7. The average Bonchev–Trinajstić information content (AvgIpc) is 2.74. The van der Waals surface area contributed by atoms with Gasteiger partial charge in [0.2, 0.25) is 5.91 Å². The van der Waals surface area contributed by atoms with Gasteiger partial charge in [-0.05, 0) is 18.8 Å². The molecule has 106 valence electrons.